The van der Waals surface area contributed by atoms with Crippen LogP contribution >= 0.6 is 11.6 Å². The lowest BCUT2D eigenvalue weighted by Crippen LogP contribution is -2.32. The summed E-state index contributed by atoms with van der Waals surface area (Å²) in [6.07, 6.45) is 2.97. The molecule has 0 radical (unpaired) electrons. The van der Waals surface area contributed by atoms with E-state index in [4.69, 9.17) is 11.6 Å². The van der Waals surface area contributed by atoms with E-state index in [1.165, 1.54) is 6.08 Å². The number of hydrogen-bond acceptors (Lipinski definition) is 2. The van der Waals surface area contributed by atoms with Gasteiger partial charge in [0, 0.05) is 24.1 Å². The van der Waals surface area contributed by atoms with Gasteiger partial charge in [0.25, 0.3) is 0 Å². The molecular weight excluding hydrogens is 298 g/mol. The standard InChI is InChI=1S/C18H18ClNO2/c19-17-9-5-4-8-15(17)10-11-18(22)20-13-16(21)12-14-6-2-1-3-7-14/h1-11,16,21H,12-13H2,(H,20,22)/b11-10+/t16-/m0/s1. The second-order valence-corrected chi connectivity index (χ2v) is 5.35. The van der Waals surface area contributed by atoms with Crippen molar-refractivity contribution < 1.29 is 9.90 Å². The summed E-state index contributed by atoms with van der Waals surface area (Å²) < 4.78 is 0. The maximum atomic E-state index is 11.7. The third-order valence-corrected chi connectivity index (χ3v) is 3.49. The molecule has 0 unspecified atom stereocenters. The van der Waals surface area contributed by atoms with Crippen LogP contribution in [-0.2, 0) is 11.2 Å². The fourth-order valence-corrected chi connectivity index (χ4v) is 2.21. The monoisotopic (exact) mass is 315 g/mol. The van der Waals surface area contributed by atoms with E-state index in [2.05, 4.69) is 5.32 Å². The van der Waals surface area contributed by atoms with Gasteiger partial charge in [-0.25, -0.2) is 0 Å². The molecule has 2 aromatic carbocycles. The van der Waals surface area contributed by atoms with Gasteiger partial charge in [0.15, 0.2) is 0 Å². The number of carbonyl (C=O) groups is 1. The lowest BCUT2D eigenvalue weighted by atomic mass is 10.1. The van der Waals surface area contributed by atoms with Crippen molar-refractivity contribution in [1.82, 2.24) is 5.32 Å². The van der Waals surface area contributed by atoms with Crippen molar-refractivity contribution in [2.45, 2.75) is 12.5 Å². The van der Waals surface area contributed by atoms with Gasteiger partial charge in [-0.2, -0.15) is 0 Å². The number of aliphatic hydroxyl groups is 1. The van der Waals surface area contributed by atoms with Crippen molar-refractivity contribution in [3.63, 3.8) is 0 Å². The molecule has 3 nitrogen and oxygen atoms in total. The first kappa shape index (κ1) is 16.3. The fraction of sp³-hybridized carbons (Fsp3) is 0.167. The Balaban J connectivity index is 1.79. The molecule has 2 rings (SSSR count). The van der Waals surface area contributed by atoms with E-state index in [1.54, 1.807) is 12.1 Å². The highest BCUT2D eigenvalue weighted by atomic mass is 35.5. The maximum Gasteiger partial charge on any atom is 0.244 e. The summed E-state index contributed by atoms with van der Waals surface area (Å²) in [7, 11) is 0. The molecule has 0 saturated carbocycles. The first-order chi connectivity index (χ1) is 10.6. The van der Waals surface area contributed by atoms with E-state index in [0.717, 1.165) is 11.1 Å². The Morgan fingerprint density at radius 3 is 2.55 bits per heavy atom. The Kier molecular flexibility index (Phi) is 6.19. The topological polar surface area (TPSA) is 49.3 Å². The Labute approximate surface area is 135 Å². The van der Waals surface area contributed by atoms with Crippen LogP contribution < -0.4 is 5.32 Å². The Morgan fingerprint density at radius 1 is 1.14 bits per heavy atom. The molecular formula is C18H18ClNO2. The second-order valence-electron chi connectivity index (χ2n) is 4.94. The van der Waals surface area contributed by atoms with Crippen LogP contribution in [0.15, 0.2) is 60.7 Å². The average Bonchev–Trinajstić information content (AvgIpc) is 2.53. The molecule has 0 bridgehead atoms. The summed E-state index contributed by atoms with van der Waals surface area (Å²) in [5.74, 6) is -0.257. The zero-order valence-electron chi connectivity index (χ0n) is 12.1. The molecule has 0 aliphatic rings. The molecule has 1 amide bonds. The van der Waals surface area contributed by atoms with Crippen LogP contribution in [0.25, 0.3) is 6.08 Å². The average molecular weight is 316 g/mol. The van der Waals surface area contributed by atoms with E-state index < -0.39 is 6.10 Å². The lowest BCUT2D eigenvalue weighted by molar-refractivity contribution is -0.116. The predicted octanol–water partition coefficient (Wildman–Crippen LogP) is 3.07. The number of hydrogen-bond donors (Lipinski definition) is 2. The van der Waals surface area contributed by atoms with Crippen molar-refractivity contribution >= 4 is 23.6 Å². The Hall–Kier alpha value is -2.10. The van der Waals surface area contributed by atoms with Gasteiger partial charge in [-0.05, 0) is 23.3 Å². The van der Waals surface area contributed by atoms with E-state index in [-0.39, 0.29) is 12.5 Å². The number of rotatable bonds is 6. The smallest absolute Gasteiger partial charge is 0.244 e. The zero-order valence-corrected chi connectivity index (χ0v) is 12.8. The van der Waals surface area contributed by atoms with Gasteiger partial charge >= 0.3 is 0 Å². The first-order valence-electron chi connectivity index (χ1n) is 7.07. The van der Waals surface area contributed by atoms with Crippen LogP contribution in [0.4, 0.5) is 0 Å². The largest absolute Gasteiger partial charge is 0.391 e. The van der Waals surface area contributed by atoms with Crippen molar-refractivity contribution in [3.05, 3.63) is 76.8 Å². The molecule has 2 N–H and O–H groups in total. The second kappa shape index (κ2) is 8.37. The molecule has 0 spiro atoms. The number of amides is 1. The minimum absolute atomic E-state index is 0.209. The molecule has 4 heteroatoms. The van der Waals surface area contributed by atoms with Crippen LogP contribution in [0.3, 0.4) is 0 Å². The maximum absolute atomic E-state index is 11.7. The van der Waals surface area contributed by atoms with Crippen molar-refractivity contribution in [3.8, 4) is 0 Å². The van der Waals surface area contributed by atoms with Crippen LogP contribution in [0, 0.1) is 0 Å². The molecule has 0 fully saturated rings. The number of carbonyl (C=O) groups excluding carboxylic acids is 1. The van der Waals surface area contributed by atoms with Gasteiger partial charge in [-0.1, -0.05) is 60.1 Å². The minimum atomic E-state index is -0.611. The van der Waals surface area contributed by atoms with Crippen molar-refractivity contribution in [2.24, 2.45) is 0 Å². The van der Waals surface area contributed by atoms with E-state index in [9.17, 15) is 9.90 Å². The first-order valence-corrected chi connectivity index (χ1v) is 7.45. The lowest BCUT2D eigenvalue weighted by Gasteiger charge is -2.10. The predicted molar refractivity (Wildman–Crippen MR) is 89.6 cm³/mol. The third kappa shape index (κ3) is 5.35. The van der Waals surface area contributed by atoms with Crippen molar-refractivity contribution in [1.29, 1.82) is 0 Å². The van der Waals surface area contributed by atoms with E-state index in [1.807, 2.05) is 48.5 Å². The SMILES string of the molecule is O=C(/C=C/c1ccccc1Cl)NC[C@@H](O)Cc1ccccc1. The summed E-state index contributed by atoms with van der Waals surface area (Å²) in [5.41, 5.74) is 1.82. The van der Waals surface area contributed by atoms with Gasteiger partial charge in [-0.3, -0.25) is 4.79 Å². The van der Waals surface area contributed by atoms with Crippen LogP contribution in [0.1, 0.15) is 11.1 Å². The zero-order chi connectivity index (χ0) is 15.8. The van der Waals surface area contributed by atoms with Gasteiger partial charge in [0.05, 0.1) is 6.10 Å². The molecule has 0 saturated heterocycles. The minimum Gasteiger partial charge on any atom is -0.391 e. The van der Waals surface area contributed by atoms with E-state index in [0.29, 0.717) is 11.4 Å². The number of benzene rings is 2. The van der Waals surface area contributed by atoms with Gasteiger partial charge in [0.2, 0.25) is 5.91 Å². The third-order valence-electron chi connectivity index (χ3n) is 3.15. The molecule has 0 aliphatic carbocycles. The number of aliphatic hydroxyl groups excluding tert-OH is 1. The Bertz CT molecular complexity index is 641. The highest BCUT2D eigenvalue weighted by molar-refractivity contribution is 6.32. The molecule has 1 atom stereocenters. The highest BCUT2D eigenvalue weighted by Gasteiger charge is 2.06. The highest BCUT2D eigenvalue weighted by Crippen LogP contribution is 2.15. The van der Waals surface area contributed by atoms with Gasteiger partial charge < -0.3 is 10.4 Å². The fourth-order valence-electron chi connectivity index (χ4n) is 2.01. The normalized spacial score (nSPS) is 12.3. The molecule has 22 heavy (non-hydrogen) atoms. The van der Waals surface area contributed by atoms with Crippen LogP contribution in [0.2, 0.25) is 5.02 Å². The summed E-state index contributed by atoms with van der Waals surface area (Å²) in [4.78, 5) is 11.7. The Morgan fingerprint density at radius 2 is 1.82 bits per heavy atom. The molecule has 0 heterocycles. The van der Waals surface area contributed by atoms with Gasteiger partial charge in [-0.15, -0.1) is 0 Å². The molecule has 0 aromatic heterocycles. The number of nitrogens with one attached hydrogen (secondary N) is 1. The van der Waals surface area contributed by atoms with Gasteiger partial charge in [0.1, 0.15) is 0 Å². The summed E-state index contributed by atoms with van der Waals surface area (Å²) in [5, 5.41) is 13.2. The molecule has 2 aromatic rings. The van der Waals surface area contributed by atoms with Crippen LogP contribution in [0.5, 0.6) is 0 Å². The van der Waals surface area contributed by atoms with E-state index >= 15 is 0 Å². The quantitative estimate of drug-likeness (QED) is 0.805. The summed E-state index contributed by atoms with van der Waals surface area (Å²) in [6, 6.07) is 17.0. The number of halogens is 1. The van der Waals surface area contributed by atoms with Crippen LogP contribution in [-0.4, -0.2) is 23.7 Å². The molecule has 114 valence electrons. The van der Waals surface area contributed by atoms with Crippen molar-refractivity contribution in [2.75, 3.05) is 6.54 Å². The summed E-state index contributed by atoms with van der Waals surface area (Å²) in [6.45, 7) is 0.209. The summed E-state index contributed by atoms with van der Waals surface area (Å²) >= 11 is 6.00. The molecule has 0 aliphatic heterocycles.